The minimum atomic E-state index is -5.05. The number of nitrogens with one attached hydrogen (secondary N) is 2. The average Bonchev–Trinajstić information content (AvgIpc) is 2.61. The molecule has 29 heavy (non-hydrogen) atoms. The largest absolute Gasteiger partial charge is 0.423 e. The van der Waals surface area contributed by atoms with Crippen LogP contribution in [0.5, 0.6) is 0 Å². The van der Waals surface area contributed by atoms with Crippen molar-refractivity contribution in [1.29, 1.82) is 0 Å². The van der Waals surface area contributed by atoms with Crippen LogP contribution in [0.2, 0.25) is 20.1 Å². The van der Waals surface area contributed by atoms with E-state index in [1.807, 2.05) is 0 Å². The van der Waals surface area contributed by atoms with Crippen molar-refractivity contribution >= 4 is 58.0 Å². The van der Waals surface area contributed by atoms with E-state index in [0.29, 0.717) is 5.56 Å². The van der Waals surface area contributed by atoms with Crippen LogP contribution in [0.25, 0.3) is 0 Å². The third-order valence-electron chi connectivity index (χ3n) is 4.06. The SMILES string of the molecule is CC(=O)NCc1ccc(NC[C@](O)(c2cc(Cl)c(Cl)c(Cl)c2)C(F)(F)F)cc1Cl. The Labute approximate surface area is 184 Å². The van der Waals surface area contributed by atoms with Crippen LogP contribution in [0.3, 0.4) is 0 Å². The third-order valence-corrected chi connectivity index (χ3v) is 5.61. The Kier molecular flexibility index (Phi) is 7.57. The first kappa shape index (κ1) is 23.9. The van der Waals surface area contributed by atoms with E-state index in [2.05, 4.69) is 10.6 Å². The molecule has 4 nitrogen and oxygen atoms in total. The molecule has 1 atom stereocenters. The minimum Gasteiger partial charge on any atom is -0.381 e. The zero-order valence-corrected chi connectivity index (χ0v) is 17.8. The first-order chi connectivity index (χ1) is 13.3. The van der Waals surface area contributed by atoms with E-state index in [1.54, 1.807) is 6.07 Å². The van der Waals surface area contributed by atoms with E-state index in [-0.39, 0.29) is 38.2 Å². The molecule has 0 unspecified atom stereocenters. The van der Waals surface area contributed by atoms with Gasteiger partial charge in [0.05, 0.1) is 21.6 Å². The number of carbonyl (C=O) groups is 1. The molecule has 2 aromatic carbocycles. The van der Waals surface area contributed by atoms with Crippen LogP contribution in [0.4, 0.5) is 18.9 Å². The van der Waals surface area contributed by atoms with Crippen LogP contribution in [0.1, 0.15) is 18.1 Å². The Balaban J connectivity index is 2.28. The van der Waals surface area contributed by atoms with E-state index in [0.717, 1.165) is 12.1 Å². The second-order valence-electron chi connectivity index (χ2n) is 6.18. The summed E-state index contributed by atoms with van der Waals surface area (Å²) in [6.07, 6.45) is -5.05. The van der Waals surface area contributed by atoms with Gasteiger partial charge in [0, 0.05) is 24.2 Å². The van der Waals surface area contributed by atoms with Crippen molar-refractivity contribution in [3.05, 3.63) is 61.5 Å². The van der Waals surface area contributed by atoms with Crippen molar-refractivity contribution in [1.82, 2.24) is 5.32 Å². The van der Waals surface area contributed by atoms with Crippen LogP contribution in [0.15, 0.2) is 30.3 Å². The molecular weight excluding hydrogens is 475 g/mol. The number of amides is 1. The topological polar surface area (TPSA) is 61.4 Å². The van der Waals surface area contributed by atoms with E-state index in [9.17, 15) is 23.1 Å². The molecule has 2 rings (SSSR count). The van der Waals surface area contributed by atoms with Crippen molar-refractivity contribution in [3.8, 4) is 0 Å². The molecule has 0 bridgehead atoms. The van der Waals surface area contributed by atoms with Crippen molar-refractivity contribution in [2.75, 3.05) is 11.9 Å². The lowest BCUT2D eigenvalue weighted by molar-refractivity contribution is -0.260. The van der Waals surface area contributed by atoms with Gasteiger partial charge in [-0.3, -0.25) is 4.79 Å². The summed E-state index contributed by atoms with van der Waals surface area (Å²) in [5, 5.41) is 15.2. The van der Waals surface area contributed by atoms with Gasteiger partial charge in [-0.1, -0.05) is 52.5 Å². The maximum absolute atomic E-state index is 13.7. The molecule has 0 aliphatic rings. The number of halogens is 7. The Bertz CT molecular complexity index is 901. The van der Waals surface area contributed by atoms with E-state index in [4.69, 9.17) is 46.4 Å². The lowest BCUT2D eigenvalue weighted by atomic mass is 9.92. The van der Waals surface area contributed by atoms with Crippen LogP contribution >= 0.6 is 46.4 Å². The molecule has 0 aliphatic heterocycles. The fraction of sp³-hybridized carbons (Fsp3) is 0.278. The van der Waals surface area contributed by atoms with Gasteiger partial charge in [0.1, 0.15) is 0 Å². The zero-order chi connectivity index (χ0) is 22.0. The second-order valence-corrected chi connectivity index (χ2v) is 7.78. The number of carbonyl (C=O) groups excluding carboxylic acids is 1. The molecule has 2 aromatic rings. The smallest absolute Gasteiger partial charge is 0.381 e. The van der Waals surface area contributed by atoms with Gasteiger partial charge in [-0.25, -0.2) is 0 Å². The number of alkyl halides is 3. The summed E-state index contributed by atoms with van der Waals surface area (Å²) in [5.41, 5.74) is -3.05. The van der Waals surface area contributed by atoms with Crippen molar-refractivity contribution < 1.29 is 23.1 Å². The standard InChI is InChI=1S/C18H15Cl4F3N2O2/c1-9(28)26-7-10-2-3-12(6-13(10)19)27-8-17(29,18(23,24)25)11-4-14(20)16(22)15(21)5-11/h2-6,27,29H,7-8H2,1H3,(H,26,28)/t17-/m0/s1. The molecule has 0 aliphatic carbocycles. The summed E-state index contributed by atoms with van der Waals surface area (Å²) < 4.78 is 41.1. The average molecular weight is 490 g/mol. The normalized spacial score (nSPS) is 13.7. The number of anilines is 1. The number of benzene rings is 2. The predicted molar refractivity (Wildman–Crippen MR) is 109 cm³/mol. The summed E-state index contributed by atoms with van der Waals surface area (Å²) >= 11 is 23.5. The lowest BCUT2D eigenvalue weighted by Crippen LogP contribution is -2.47. The predicted octanol–water partition coefficient (Wildman–Crippen LogP) is 5.80. The molecule has 0 aromatic heterocycles. The van der Waals surface area contributed by atoms with Gasteiger partial charge in [-0.05, 0) is 35.4 Å². The summed E-state index contributed by atoms with van der Waals surface area (Å²) in [5.74, 6) is -0.251. The van der Waals surface area contributed by atoms with Crippen molar-refractivity contribution in [3.63, 3.8) is 0 Å². The highest BCUT2D eigenvalue weighted by Crippen LogP contribution is 2.43. The maximum Gasteiger partial charge on any atom is 0.423 e. The van der Waals surface area contributed by atoms with Gasteiger partial charge in [0.25, 0.3) is 0 Å². The lowest BCUT2D eigenvalue weighted by Gasteiger charge is -2.32. The molecule has 158 valence electrons. The zero-order valence-electron chi connectivity index (χ0n) is 14.8. The van der Waals surface area contributed by atoms with Gasteiger partial charge in [-0.15, -0.1) is 0 Å². The molecule has 0 spiro atoms. The first-order valence-corrected chi connectivity index (χ1v) is 9.57. The van der Waals surface area contributed by atoms with Gasteiger partial charge in [0.2, 0.25) is 11.5 Å². The monoisotopic (exact) mass is 488 g/mol. The van der Waals surface area contributed by atoms with E-state index in [1.165, 1.54) is 19.1 Å². The van der Waals surface area contributed by atoms with Gasteiger partial charge < -0.3 is 15.7 Å². The molecule has 11 heteroatoms. The van der Waals surface area contributed by atoms with Crippen LogP contribution in [0, 0.1) is 0 Å². The second kappa shape index (κ2) is 9.18. The molecule has 0 fully saturated rings. The number of rotatable bonds is 6. The van der Waals surface area contributed by atoms with Crippen molar-refractivity contribution in [2.24, 2.45) is 0 Å². The number of hydrogen-bond acceptors (Lipinski definition) is 3. The highest BCUT2D eigenvalue weighted by molar-refractivity contribution is 6.48. The number of hydrogen-bond donors (Lipinski definition) is 3. The quantitative estimate of drug-likeness (QED) is 0.449. The highest BCUT2D eigenvalue weighted by atomic mass is 35.5. The van der Waals surface area contributed by atoms with Crippen LogP contribution in [-0.2, 0) is 16.9 Å². The van der Waals surface area contributed by atoms with Crippen LogP contribution < -0.4 is 10.6 Å². The highest BCUT2D eigenvalue weighted by Gasteiger charge is 2.55. The molecule has 1 amide bonds. The van der Waals surface area contributed by atoms with Crippen molar-refractivity contribution in [2.45, 2.75) is 25.2 Å². The molecule has 0 saturated heterocycles. The Morgan fingerprint density at radius 1 is 1.03 bits per heavy atom. The van der Waals surface area contributed by atoms with Gasteiger partial charge in [0.15, 0.2) is 0 Å². The van der Waals surface area contributed by atoms with E-state index < -0.39 is 23.9 Å². The van der Waals surface area contributed by atoms with Gasteiger partial charge >= 0.3 is 6.18 Å². The molecule has 3 N–H and O–H groups in total. The fourth-order valence-corrected chi connectivity index (χ4v) is 3.25. The molecule has 0 saturated carbocycles. The van der Waals surface area contributed by atoms with Crippen LogP contribution in [-0.4, -0.2) is 23.7 Å². The Hall–Kier alpha value is -1.38. The fourth-order valence-electron chi connectivity index (χ4n) is 2.41. The first-order valence-electron chi connectivity index (χ1n) is 8.06. The third kappa shape index (κ3) is 5.61. The molecular formula is C18H15Cl4F3N2O2. The summed E-state index contributed by atoms with van der Waals surface area (Å²) in [6.45, 7) is 0.575. The Morgan fingerprint density at radius 2 is 1.62 bits per heavy atom. The van der Waals surface area contributed by atoms with Gasteiger partial charge in [-0.2, -0.15) is 13.2 Å². The summed E-state index contributed by atoms with van der Waals surface area (Å²) in [4.78, 5) is 11.0. The van der Waals surface area contributed by atoms with E-state index >= 15 is 0 Å². The Morgan fingerprint density at radius 3 is 2.10 bits per heavy atom. The maximum atomic E-state index is 13.7. The molecule has 0 heterocycles. The summed E-state index contributed by atoms with van der Waals surface area (Å²) in [7, 11) is 0. The summed E-state index contributed by atoms with van der Waals surface area (Å²) in [6, 6.07) is 6.23. The minimum absolute atomic E-state index is 0.115. The number of aliphatic hydroxyl groups is 1. The molecule has 0 radical (unpaired) electrons.